The molecule has 0 atom stereocenters. The van der Waals surface area contributed by atoms with Crippen molar-refractivity contribution in [3.05, 3.63) is 30.3 Å². The molecule has 0 bridgehead atoms. The molecule has 0 saturated carbocycles. The molecule has 0 unspecified atom stereocenters. The van der Waals surface area contributed by atoms with Gasteiger partial charge in [0, 0.05) is 0 Å². The van der Waals surface area contributed by atoms with Gasteiger partial charge in [0.15, 0.2) is 0 Å². The molecule has 0 saturated heterocycles. The standard InChI is InChI=1S/C21H38ClP/c1-4-7-13-18-23(22,19-14-8-5-2,20-15-9-6-3)21-16-11-10-12-17-21/h10-12,16-17H,4-9,13-15,18-20H2,1-3H3. The number of hydrogen-bond acceptors (Lipinski definition) is 0. The molecule has 0 aliphatic rings. The van der Waals surface area contributed by atoms with Crippen LogP contribution in [0, 0.1) is 0 Å². The molecule has 0 heterocycles. The zero-order chi connectivity index (χ0) is 17.0. The van der Waals surface area contributed by atoms with Gasteiger partial charge in [-0.1, -0.05) is 0 Å². The quantitative estimate of drug-likeness (QED) is 0.252. The SMILES string of the molecule is CCCCCP(Cl)(CCCCC)(CCCCC)c1ccccc1. The fourth-order valence-corrected chi connectivity index (χ4v) is 10.3. The van der Waals surface area contributed by atoms with Crippen LogP contribution in [-0.4, -0.2) is 18.5 Å². The molecule has 0 aromatic heterocycles. The van der Waals surface area contributed by atoms with Gasteiger partial charge in [0.05, 0.1) is 0 Å². The number of halogens is 1. The minimum absolute atomic E-state index is 1.25. The number of hydrogen-bond donors (Lipinski definition) is 0. The van der Waals surface area contributed by atoms with Crippen LogP contribution in [0.1, 0.15) is 78.6 Å². The Morgan fingerprint density at radius 1 is 0.652 bits per heavy atom. The van der Waals surface area contributed by atoms with Gasteiger partial charge in [-0.15, -0.1) is 0 Å². The molecule has 0 spiro atoms. The first-order valence-corrected chi connectivity index (χ1v) is 13.6. The maximum atomic E-state index is 7.76. The van der Waals surface area contributed by atoms with Crippen molar-refractivity contribution < 1.29 is 0 Å². The summed E-state index contributed by atoms with van der Waals surface area (Å²) in [4.78, 5) is 0. The molecule has 0 aliphatic heterocycles. The number of rotatable bonds is 13. The first-order valence-electron chi connectivity index (χ1n) is 9.87. The van der Waals surface area contributed by atoms with Gasteiger partial charge < -0.3 is 0 Å². The second kappa shape index (κ2) is 10.7. The fourth-order valence-electron chi connectivity index (χ4n) is 3.70. The summed E-state index contributed by atoms with van der Waals surface area (Å²) in [5.41, 5.74) is 0. The van der Waals surface area contributed by atoms with Crippen LogP contribution in [0.2, 0.25) is 0 Å². The molecule has 0 amide bonds. The topological polar surface area (TPSA) is 0 Å². The van der Waals surface area contributed by atoms with Crippen molar-refractivity contribution in [3.8, 4) is 0 Å². The predicted molar refractivity (Wildman–Crippen MR) is 112 cm³/mol. The number of benzene rings is 1. The molecular formula is C21H38ClP. The van der Waals surface area contributed by atoms with Crippen LogP contribution in [0.15, 0.2) is 30.3 Å². The van der Waals surface area contributed by atoms with Gasteiger partial charge in [-0.2, -0.15) is 0 Å². The van der Waals surface area contributed by atoms with E-state index in [2.05, 4.69) is 51.1 Å². The Morgan fingerprint density at radius 3 is 1.39 bits per heavy atom. The maximum absolute atomic E-state index is 7.76. The van der Waals surface area contributed by atoms with Crippen molar-refractivity contribution in [2.24, 2.45) is 0 Å². The Hall–Kier alpha value is -0.0600. The van der Waals surface area contributed by atoms with Gasteiger partial charge in [0.25, 0.3) is 0 Å². The van der Waals surface area contributed by atoms with Crippen LogP contribution in [-0.2, 0) is 0 Å². The molecule has 1 aromatic rings. The molecule has 1 aromatic carbocycles. The Labute approximate surface area is 150 Å². The van der Waals surface area contributed by atoms with Gasteiger partial charge in [-0.3, -0.25) is 0 Å². The van der Waals surface area contributed by atoms with Crippen LogP contribution in [0.4, 0.5) is 0 Å². The third-order valence-corrected chi connectivity index (χ3v) is 12.9. The van der Waals surface area contributed by atoms with Gasteiger partial charge in [0.2, 0.25) is 0 Å². The molecule has 2 heteroatoms. The average Bonchev–Trinajstić information content (AvgIpc) is 2.57. The van der Waals surface area contributed by atoms with E-state index in [0.29, 0.717) is 0 Å². The van der Waals surface area contributed by atoms with Crippen LogP contribution in [0.3, 0.4) is 0 Å². The summed E-state index contributed by atoms with van der Waals surface area (Å²) in [5, 5.41) is 1.49. The summed E-state index contributed by atoms with van der Waals surface area (Å²) in [7, 11) is 0. The van der Waals surface area contributed by atoms with Gasteiger partial charge in [-0.25, -0.2) is 0 Å². The predicted octanol–water partition coefficient (Wildman–Crippen LogP) is 7.59. The van der Waals surface area contributed by atoms with Crippen molar-refractivity contribution in [2.45, 2.75) is 78.6 Å². The zero-order valence-electron chi connectivity index (χ0n) is 15.7. The van der Waals surface area contributed by atoms with Crippen molar-refractivity contribution in [2.75, 3.05) is 18.5 Å². The van der Waals surface area contributed by atoms with E-state index in [4.69, 9.17) is 11.2 Å². The van der Waals surface area contributed by atoms with Crippen molar-refractivity contribution in [1.82, 2.24) is 0 Å². The first-order chi connectivity index (χ1) is 11.1. The summed E-state index contributed by atoms with van der Waals surface area (Å²) in [6, 6.07) is 11.2. The van der Waals surface area contributed by atoms with E-state index in [-0.39, 0.29) is 0 Å². The van der Waals surface area contributed by atoms with Gasteiger partial charge in [-0.05, 0) is 0 Å². The molecule has 0 radical (unpaired) electrons. The monoisotopic (exact) mass is 356 g/mol. The van der Waals surface area contributed by atoms with E-state index in [1.807, 2.05) is 0 Å². The van der Waals surface area contributed by atoms with Gasteiger partial charge in [0.1, 0.15) is 0 Å². The molecule has 0 fully saturated rings. The Kier molecular flexibility index (Phi) is 9.79. The Balaban J connectivity index is 3.08. The summed E-state index contributed by atoms with van der Waals surface area (Å²) in [6.07, 6.45) is 15.4. The fraction of sp³-hybridized carbons (Fsp3) is 0.714. The average molecular weight is 357 g/mol. The van der Waals surface area contributed by atoms with E-state index < -0.39 is 5.96 Å². The van der Waals surface area contributed by atoms with Crippen molar-refractivity contribution in [3.63, 3.8) is 0 Å². The third kappa shape index (κ3) is 6.39. The minimum atomic E-state index is -2.31. The summed E-state index contributed by atoms with van der Waals surface area (Å²) >= 11 is 7.76. The molecule has 1 rings (SSSR count). The third-order valence-electron chi connectivity index (χ3n) is 5.22. The van der Waals surface area contributed by atoms with Crippen LogP contribution in [0.25, 0.3) is 0 Å². The summed E-state index contributed by atoms with van der Waals surface area (Å²) in [6.45, 7) is 6.87. The zero-order valence-corrected chi connectivity index (χ0v) is 17.3. The normalized spacial score (nSPS) is 13.7. The molecule has 23 heavy (non-hydrogen) atoms. The molecule has 0 nitrogen and oxygen atoms in total. The van der Waals surface area contributed by atoms with E-state index in [0.717, 1.165) is 0 Å². The number of unbranched alkanes of at least 4 members (excludes halogenated alkanes) is 6. The molecular weight excluding hydrogens is 319 g/mol. The van der Waals surface area contributed by atoms with E-state index in [1.165, 1.54) is 81.6 Å². The van der Waals surface area contributed by atoms with E-state index in [9.17, 15) is 0 Å². The summed E-state index contributed by atoms with van der Waals surface area (Å²) < 4.78 is 0. The van der Waals surface area contributed by atoms with E-state index >= 15 is 0 Å². The Bertz CT molecular complexity index is 386. The van der Waals surface area contributed by atoms with Crippen molar-refractivity contribution >= 4 is 22.5 Å². The molecule has 0 aliphatic carbocycles. The van der Waals surface area contributed by atoms with E-state index in [1.54, 1.807) is 0 Å². The first kappa shape index (κ1) is 21.0. The summed E-state index contributed by atoms with van der Waals surface area (Å²) in [5.74, 6) is -2.31. The van der Waals surface area contributed by atoms with Crippen molar-refractivity contribution in [1.29, 1.82) is 0 Å². The second-order valence-electron chi connectivity index (χ2n) is 7.22. The second-order valence-corrected chi connectivity index (χ2v) is 14.9. The van der Waals surface area contributed by atoms with Gasteiger partial charge >= 0.3 is 150 Å². The Morgan fingerprint density at radius 2 is 1.04 bits per heavy atom. The van der Waals surface area contributed by atoms with Crippen LogP contribution < -0.4 is 5.30 Å². The van der Waals surface area contributed by atoms with Crippen LogP contribution >= 0.6 is 17.2 Å². The molecule has 0 N–H and O–H groups in total. The molecule has 134 valence electrons. The van der Waals surface area contributed by atoms with Crippen LogP contribution in [0.5, 0.6) is 0 Å².